The molecule has 70 valence electrons. The van der Waals surface area contributed by atoms with Crippen LogP contribution in [0.25, 0.3) is 0 Å². The highest BCUT2D eigenvalue weighted by molar-refractivity contribution is 5.82. The molecule has 1 rings (SSSR count). The Labute approximate surface area is 73.7 Å². The summed E-state index contributed by atoms with van der Waals surface area (Å²) in [5.74, 6) is 5.57. The Balaban J connectivity index is 2.63. The molecule has 0 bridgehead atoms. The highest BCUT2D eigenvalue weighted by atomic mass is 16.1. The predicted octanol–water partition coefficient (Wildman–Crippen LogP) is 0.989. The van der Waals surface area contributed by atoms with Gasteiger partial charge in [-0.15, -0.1) is 0 Å². The van der Waals surface area contributed by atoms with Crippen LogP contribution in [0.2, 0.25) is 0 Å². The van der Waals surface area contributed by atoms with E-state index in [1.807, 2.05) is 0 Å². The minimum Gasteiger partial charge on any atom is -0.299 e. The summed E-state index contributed by atoms with van der Waals surface area (Å²) in [6, 6.07) is 0. The minimum atomic E-state index is -0.146. The van der Waals surface area contributed by atoms with Crippen molar-refractivity contribution in [3.63, 3.8) is 0 Å². The Morgan fingerprint density at radius 3 is 2.42 bits per heavy atom. The van der Waals surface area contributed by atoms with Crippen molar-refractivity contribution >= 4 is 5.78 Å². The molecule has 1 aliphatic carbocycles. The maximum absolute atomic E-state index is 11.4. The first kappa shape index (κ1) is 9.68. The fourth-order valence-corrected chi connectivity index (χ4v) is 2.08. The molecule has 0 amide bonds. The van der Waals surface area contributed by atoms with E-state index in [4.69, 9.17) is 5.84 Å². The van der Waals surface area contributed by atoms with E-state index in [-0.39, 0.29) is 5.41 Å². The topological polar surface area (TPSA) is 55.1 Å². The molecule has 0 aromatic heterocycles. The van der Waals surface area contributed by atoms with Gasteiger partial charge in [-0.1, -0.05) is 19.3 Å². The maximum atomic E-state index is 11.4. The van der Waals surface area contributed by atoms with Crippen molar-refractivity contribution in [1.29, 1.82) is 0 Å². The number of nitrogens with one attached hydrogen (secondary N) is 1. The fraction of sp³-hybridized carbons (Fsp3) is 0.889. The van der Waals surface area contributed by atoms with Crippen LogP contribution in [0.3, 0.4) is 0 Å². The van der Waals surface area contributed by atoms with Gasteiger partial charge in [0.15, 0.2) is 0 Å². The van der Waals surface area contributed by atoms with E-state index in [1.54, 1.807) is 6.92 Å². The first-order valence-corrected chi connectivity index (χ1v) is 4.66. The lowest BCUT2D eigenvalue weighted by atomic mass is 9.71. The van der Waals surface area contributed by atoms with E-state index in [2.05, 4.69) is 5.43 Å². The van der Waals surface area contributed by atoms with Crippen LogP contribution >= 0.6 is 0 Å². The molecule has 0 aromatic carbocycles. The zero-order valence-electron chi connectivity index (χ0n) is 7.73. The van der Waals surface area contributed by atoms with Gasteiger partial charge < -0.3 is 0 Å². The van der Waals surface area contributed by atoms with Crippen LogP contribution in [-0.4, -0.2) is 12.3 Å². The first-order chi connectivity index (χ1) is 5.71. The predicted molar refractivity (Wildman–Crippen MR) is 48.4 cm³/mol. The van der Waals surface area contributed by atoms with Gasteiger partial charge in [0.2, 0.25) is 0 Å². The van der Waals surface area contributed by atoms with Crippen LogP contribution in [0.1, 0.15) is 39.0 Å². The van der Waals surface area contributed by atoms with E-state index in [1.165, 1.54) is 19.3 Å². The van der Waals surface area contributed by atoms with E-state index in [0.717, 1.165) is 12.8 Å². The normalized spacial score (nSPS) is 22.2. The molecule has 1 aliphatic rings. The highest BCUT2D eigenvalue weighted by Crippen LogP contribution is 2.36. The molecule has 1 fully saturated rings. The summed E-state index contributed by atoms with van der Waals surface area (Å²) in [5.41, 5.74) is 2.49. The number of carbonyl (C=O) groups excluding carboxylic acids is 1. The summed E-state index contributed by atoms with van der Waals surface area (Å²) in [4.78, 5) is 11.4. The van der Waals surface area contributed by atoms with E-state index < -0.39 is 0 Å². The van der Waals surface area contributed by atoms with Gasteiger partial charge in [0.05, 0.1) is 0 Å². The van der Waals surface area contributed by atoms with Gasteiger partial charge in [-0.3, -0.25) is 16.1 Å². The van der Waals surface area contributed by atoms with Crippen molar-refractivity contribution in [2.45, 2.75) is 39.0 Å². The van der Waals surface area contributed by atoms with Crippen molar-refractivity contribution in [1.82, 2.24) is 5.43 Å². The summed E-state index contributed by atoms with van der Waals surface area (Å²) < 4.78 is 0. The number of nitrogens with two attached hydrogens (primary N) is 1. The summed E-state index contributed by atoms with van der Waals surface area (Å²) in [7, 11) is 0. The summed E-state index contributed by atoms with van der Waals surface area (Å²) in [6.07, 6.45) is 5.61. The first-order valence-electron chi connectivity index (χ1n) is 4.66. The quantitative estimate of drug-likeness (QED) is 0.490. The number of rotatable bonds is 3. The van der Waals surface area contributed by atoms with E-state index in [9.17, 15) is 4.79 Å². The lowest BCUT2D eigenvalue weighted by molar-refractivity contribution is -0.128. The molecular weight excluding hydrogens is 152 g/mol. The molecule has 3 heteroatoms. The Morgan fingerprint density at radius 2 is 2.00 bits per heavy atom. The highest BCUT2D eigenvalue weighted by Gasteiger charge is 2.35. The van der Waals surface area contributed by atoms with Crippen molar-refractivity contribution in [2.24, 2.45) is 11.3 Å². The van der Waals surface area contributed by atoms with Crippen molar-refractivity contribution in [2.75, 3.05) is 6.54 Å². The number of hydrogen-bond donors (Lipinski definition) is 2. The molecule has 0 spiro atoms. The zero-order chi connectivity index (χ0) is 9.03. The Hall–Kier alpha value is -0.410. The van der Waals surface area contributed by atoms with Gasteiger partial charge in [-0.2, -0.15) is 0 Å². The molecule has 0 heterocycles. The van der Waals surface area contributed by atoms with Crippen LogP contribution in [0.15, 0.2) is 0 Å². The average Bonchev–Trinajstić information content (AvgIpc) is 2.06. The van der Waals surface area contributed by atoms with Gasteiger partial charge >= 0.3 is 0 Å². The monoisotopic (exact) mass is 170 g/mol. The van der Waals surface area contributed by atoms with Crippen molar-refractivity contribution < 1.29 is 4.79 Å². The Bertz CT molecular complexity index is 156. The second kappa shape index (κ2) is 4.01. The van der Waals surface area contributed by atoms with Gasteiger partial charge in [-0.25, -0.2) is 0 Å². The van der Waals surface area contributed by atoms with Crippen LogP contribution in [0.5, 0.6) is 0 Å². The number of carbonyl (C=O) groups is 1. The molecule has 1 saturated carbocycles. The van der Waals surface area contributed by atoms with E-state index in [0.29, 0.717) is 12.3 Å². The third kappa shape index (κ3) is 1.84. The second-order valence-electron chi connectivity index (χ2n) is 3.78. The van der Waals surface area contributed by atoms with Crippen LogP contribution in [-0.2, 0) is 4.79 Å². The van der Waals surface area contributed by atoms with E-state index >= 15 is 0 Å². The Morgan fingerprint density at radius 1 is 1.42 bits per heavy atom. The van der Waals surface area contributed by atoms with Crippen LogP contribution < -0.4 is 11.3 Å². The molecule has 12 heavy (non-hydrogen) atoms. The summed E-state index contributed by atoms with van der Waals surface area (Å²) in [5, 5.41) is 0. The third-order valence-electron chi connectivity index (χ3n) is 3.00. The standard InChI is InChI=1S/C9H18N2O/c1-8(12)9(7-11-10)5-3-2-4-6-9/h11H,2-7,10H2,1H3. The molecule has 0 saturated heterocycles. The Kier molecular flexibility index (Phi) is 3.23. The van der Waals surface area contributed by atoms with Gasteiger partial charge in [0.25, 0.3) is 0 Å². The van der Waals surface area contributed by atoms with Crippen molar-refractivity contribution in [3.05, 3.63) is 0 Å². The summed E-state index contributed by atoms with van der Waals surface area (Å²) in [6.45, 7) is 2.32. The maximum Gasteiger partial charge on any atom is 0.137 e. The molecule has 0 atom stereocenters. The van der Waals surface area contributed by atoms with Gasteiger partial charge in [0.1, 0.15) is 5.78 Å². The van der Waals surface area contributed by atoms with Crippen LogP contribution in [0, 0.1) is 5.41 Å². The summed E-state index contributed by atoms with van der Waals surface area (Å²) >= 11 is 0. The molecule has 0 aromatic rings. The average molecular weight is 170 g/mol. The van der Waals surface area contributed by atoms with Crippen LogP contribution in [0.4, 0.5) is 0 Å². The molecule has 3 N–H and O–H groups in total. The van der Waals surface area contributed by atoms with Gasteiger partial charge in [-0.05, 0) is 19.8 Å². The molecular formula is C9H18N2O. The fourth-order valence-electron chi connectivity index (χ4n) is 2.08. The van der Waals surface area contributed by atoms with Crippen molar-refractivity contribution in [3.8, 4) is 0 Å². The molecule has 3 nitrogen and oxygen atoms in total. The molecule has 0 aliphatic heterocycles. The lowest BCUT2D eigenvalue weighted by Gasteiger charge is -2.34. The smallest absolute Gasteiger partial charge is 0.137 e. The second-order valence-corrected chi connectivity index (χ2v) is 3.78. The van der Waals surface area contributed by atoms with Gasteiger partial charge in [0, 0.05) is 12.0 Å². The largest absolute Gasteiger partial charge is 0.299 e. The SMILES string of the molecule is CC(=O)C1(CNN)CCCCC1. The lowest BCUT2D eigenvalue weighted by Crippen LogP contribution is -2.43. The number of Topliss-reactive ketones (excluding diaryl/α,β-unsaturated/α-hetero) is 1. The molecule has 0 unspecified atom stereocenters. The zero-order valence-corrected chi connectivity index (χ0v) is 7.73. The minimum absolute atomic E-state index is 0.146. The number of ketones is 1. The number of hydrazine groups is 1. The molecule has 0 radical (unpaired) electrons. The third-order valence-corrected chi connectivity index (χ3v) is 3.00. The number of hydrogen-bond acceptors (Lipinski definition) is 3.